The van der Waals surface area contributed by atoms with Crippen LogP contribution in [0.5, 0.6) is 11.5 Å². The van der Waals surface area contributed by atoms with Gasteiger partial charge in [0.1, 0.15) is 34.8 Å². The molecule has 1 aliphatic carbocycles. The molecule has 2 aliphatic rings. The maximum Gasteiger partial charge on any atom is 0.348 e. The zero-order chi connectivity index (χ0) is 18.8. The summed E-state index contributed by atoms with van der Waals surface area (Å²) in [5.74, 6) is 2.27. The Balaban J connectivity index is 1.63. The predicted molar refractivity (Wildman–Crippen MR) is 105 cm³/mol. The molecule has 2 aromatic heterocycles. The van der Waals surface area contributed by atoms with E-state index in [0.717, 1.165) is 41.1 Å². The Morgan fingerprint density at radius 2 is 1.96 bits per heavy atom. The molecular weight excluding hydrogens is 358 g/mol. The number of nitrogens with zero attached hydrogens (tertiary/aromatic N) is 1. The van der Waals surface area contributed by atoms with E-state index in [9.17, 15) is 4.79 Å². The van der Waals surface area contributed by atoms with Crippen LogP contribution in [0.3, 0.4) is 0 Å². The van der Waals surface area contributed by atoms with Crippen LogP contribution in [0.1, 0.15) is 18.4 Å². The lowest BCUT2D eigenvalue weighted by molar-refractivity contribution is 0.0919. The van der Waals surface area contributed by atoms with Crippen LogP contribution in [-0.4, -0.2) is 25.3 Å². The van der Waals surface area contributed by atoms with Crippen molar-refractivity contribution in [3.8, 4) is 11.5 Å². The van der Waals surface area contributed by atoms with Crippen LogP contribution in [0.25, 0.3) is 32.9 Å². The van der Waals surface area contributed by atoms with E-state index in [1.807, 2.05) is 18.2 Å². The number of hydrogen-bond acceptors (Lipinski definition) is 6. The fourth-order valence-corrected chi connectivity index (χ4v) is 4.18. The summed E-state index contributed by atoms with van der Waals surface area (Å²) in [4.78, 5) is 15.2. The molecule has 1 aliphatic heterocycles. The van der Waals surface area contributed by atoms with Crippen LogP contribution in [0.15, 0.2) is 44.0 Å². The molecule has 1 saturated carbocycles. The molecule has 28 heavy (non-hydrogen) atoms. The van der Waals surface area contributed by atoms with Crippen molar-refractivity contribution in [3.05, 3.63) is 46.3 Å². The lowest BCUT2D eigenvalue weighted by Gasteiger charge is -2.29. The smallest absolute Gasteiger partial charge is 0.348 e. The molecule has 4 aromatic rings. The molecule has 6 rings (SSSR count). The van der Waals surface area contributed by atoms with Crippen LogP contribution >= 0.6 is 0 Å². The summed E-state index contributed by atoms with van der Waals surface area (Å²) in [6, 6.07) is 9.14. The third-order valence-electron chi connectivity index (χ3n) is 5.76. The van der Waals surface area contributed by atoms with Crippen LogP contribution in [0.2, 0.25) is 0 Å². The number of fused-ring (bicyclic) bond motifs is 7. The van der Waals surface area contributed by atoms with Gasteiger partial charge in [-0.15, -0.1) is 0 Å². The van der Waals surface area contributed by atoms with Gasteiger partial charge in [0.2, 0.25) is 0 Å². The highest BCUT2D eigenvalue weighted by molar-refractivity contribution is 6.14. The average molecular weight is 377 g/mol. The van der Waals surface area contributed by atoms with E-state index < -0.39 is 0 Å². The first-order valence-electron chi connectivity index (χ1n) is 9.55. The van der Waals surface area contributed by atoms with Crippen LogP contribution in [0.4, 0.5) is 0 Å². The van der Waals surface area contributed by atoms with Crippen molar-refractivity contribution in [2.24, 2.45) is 5.92 Å². The molecule has 2 aromatic carbocycles. The van der Waals surface area contributed by atoms with Crippen molar-refractivity contribution in [3.63, 3.8) is 0 Å². The summed E-state index contributed by atoms with van der Waals surface area (Å²) >= 11 is 0. The summed E-state index contributed by atoms with van der Waals surface area (Å²) in [6.07, 6.45) is 2.58. The molecule has 6 nitrogen and oxygen atoms in total. The maximum atomic E-state index is 12.9. The largest absolute Gasteiger partial charge is 0.497 e. The Bertz CT molecular complexity index is 1300. The number of rotatable bonds is 3. The third-order valence-corrected chi connectivity index (χ3v) is 5.76. The minimum Gasteiger partial charge on any atom is -0.497 e. The molecule has 0 amide bonds. The molecule has 0 radical (unpaired) electrons. The van der Waals surface area contributed by atoms with Gasteiger partial charge in [-0.1, -0.05) is 0 Å². The van der Waals surface area contributed by atoms with Crippen molar-refractivity contribution in [2.45, 2.75) is 19.4 Å². The summed E-state index contributed by atoms with van der Waals surface area (Å²) in [7, 11) is 1.61. The van der Waals surface area contributed by atoms with Crippen LogP contribution in [0, 0.1) is 5.92 Å². The van der Waals surface area contributed by atoms with Crippen LogP contribution < -0.4 is 15.1 Å². The molecule has 0 saturated heterocycles. The van der Waals surface area contributed by atoms with Crippen molar-refractivity contribution < 1.29 is 18.3 Å². The Morgan fingerprint density at radius 3 is 2.79 bits per heavy atom. The molecule has 0 unspecified atom stereocenters. The quantitative estimate of drug-likeness (QED) is 0.497. The summed E-state index contributed by atoms with van der Waals surface area (Å²) in [5.41, 5.74) is 2.30. The van der Waals surface area contributed by atoms with Crippen molar-refractivity contribution in [2.75, 3.05) is 20.4 Å². The van der Waals surface area contributed by atoms with E-state index in [4.69, 9.17) is 18.3 Å². The van der Waals surface area contributed by atoms with Crippen LogP contribution in [-0.2, 0) is 6.54 Å². The van der Waals surface area contributed by atoms with E-state index in [2.05, 4.69) is 4.90 Å². The van der Waals surface area contributed by atoms with Crippen molar-refractivity contribution in [1.82, 2.24) is 4.90 Å². The molecular formula is C22H19NO5. The van der Waals surface area contributed by atoms with Crippen molar-refractivity contribution >= 4 is 32.9 Å². The SMILES string of the molecule is COc1ccc2oc(=O)c3c(oc4ccc5c(c43)CN(CC3CC3)CO5)c2c1. The first kappa shape index (κ1) is 16.0. The van der Waals surface area contributed by atoms with Gasteiger partial charge in [-0.2, -0.15) is 0 Å². The third kappa shape index (κ3) is 2.34. The van der Waals surface area contributed by atoms with E-state index >= 15 is 0 Å². The van der Waals surface area contributed by atoms with Gasteiger partial charge in [0, 0.05) is 24.0 Å². The number of methoxy groups -OCH3 is 1. The monoisotopic (exact) mass is 377 g/mol. The lowest BCUT2D eigenvalue weighted by Crippen LogP contribution is -2.33. The zero-order valence-electron chi connectivity index (χ0n) is 15.5. The van der Waals surface area contributed by atoms with Gasteiger partial charge in [0.25, 0.3) is 0 Å². The molecule has 0 atom stereocenters. The van der Waals surface area contributed by atoms with E-state index in [0.29, 0.717) is 34.6 Å². The summed E-state index contributed by atoms with van der Waals surface area (Å²) < 4.78 is 23.1. The second-order valence-corrected chi connectivity index (χ2v) is 7.70. The highest BCUT2D eigenvalue weighted by atomic mass is 16.5. The minimum absolute atomic E-state index is 0.390. The number of ether oxygens (including phenoxy) is 2. The van der Waals surface area contributed by atoms with Gasteiger partial charge >= 0.3 is 5.63 Å². The molecule has 1 fully saturated rings. The second kappa shape index (κ2) is 5.75. The highest BCUT2D eigenvalue weighted by Gasteiger charge is 2.29. The first-order chi connectivity index (χ1) is 13.7. The highest BCUT2D eigenvalue weighted by Crippen LogP contribution is 2.40. The van der Waals surface area contributed by atoms with E-state index in [1.54, 1.807) is 19.2 Å². The number of hydrogen-bond donors (Lipinski definition) is 0. The van der Waals surface area contributed by atoms with Gasteiger partial charge < -0.3 is 18.3 Å². The summed E-state index contributed by atoms with van der Waals surface area (Å²) in [5, 5.41) is 2.00. The average Bonchev–Trinajstić information content (AvgIpc) is 3.43. The standard InChI is InChI=1S/C22H19NO5/c1-25-13-4-5-17-14(8-13)21-20(22(24)28-17)19-15-10-23(9-12-2-3-12)11-26-16(15)6-7-18(19)27-21/h4-8,12H,2-3,9-11H2,1H3. The first-order valence-corrected chi connectivity index (χ1v) is 9.55. The molecule has 3 heterocycles. The molecule has 142 valence electrons. The zero-order valence-corrected chi connectivity index (χ0v) is 15.5. The molecule has 0 bridgehead atoms. The number of furan rings is 1. The van der Waals surface area contributed by atoms with Crippen molar-refractivity contribution in [1.29, 1.82) is 0 Å². The van der Waals surface area contributed by atoms with E-state index in [1.165, 1.54) is 12.8 Å². The van der Waals surface area contributed by atoms with E-state index in [-0.39, 0.29) is 5.63 Å². The van der Waals surface area contributed by atoms with Gasteiger partial charge in [-0.25, -0.2) is 4.79 Å². The molecule has 0 spiro atoms. The van der Waals surface area contributed by atoms with Gasteiger partial charge in [0.05, 0.1) is 12.5 Å². The Hall–Kier alpha value is -2.99. The number of benzene rings is 2. The fraction of sp³-hybridized carbons (Fsp3) is 0.318. The van der Waals surface area contributed by atoms with Gasteiger partial charge in [-0.05, 0) is 49.1 Å². The summed E-state index contributed by atoms with van der Waals surface area (Å²) in [6.45, 7) is 2.35. The second-order valence-electron chi connectivity index (χ2n) is 7.70. The minimum atomic E-state index is -0.390. The lowest BCUT2D eigenvalue weighted by atomic mass is 10.0. The fourth-order valence-electron chi connectivity index (χ4n) is 4.18. The Kier molecular flexibility index (Phi) is 3.29. The molecule has 0 N–H and O–H groups in total. The Labute approximate surface area is 160 Å². The molecule has 6 heteroatoms. The van der Waals surface area contributed by atoms with Gasteiger partial charge in [-0.3, -0.25) is 4.90 Å². The Morgan fingerprint density at radius 1 is 1.11 bits per heavy atom. The van der Waals surface area contributed by atoms with Gasteiger partial charge in [0.15, 0.2) is 5.58 Å². The predicted octanol–water partition coefficient (Wildman–Crippen LogP) is 4.26. The normalized spacial score (nSPS) is 17.2. The topological polar surface area (TPSA) is 65.0 Å². The maximum absolute atomic E-state index is 12.9.